The molecule has 49 heavy (non-hydrogen) atoms. The molecule has 0 saturated carbocycles. The van der Waals surface area contributed by atoms with E-state index in [0.717, 1.165) is 10.8 Å². The van der Waals surface area contributed by atoms with Gasteiger partial charge in [0.1, 0.15) is 18.7 Å². The monoisotopic (exact) mass is 672 g/mol. The molecule has 5 atom stereocenters. The first-order chi connectivity index (χ1) is 24.1. The molecule has 0 aliphatic heterocycles. The van der Waals surface area contributed by atoms with Crippen molar-refractivity contribution in [3.63, 3.8) is 0 Å². The number of benzene rings is 3. The number of aliphatic hydroxyl groups excluding tert-OH is 1. The quantitative estimate of drug-likeness (QED) is 0.105. The van der Waals surface area contributed by atoms with Crippen LogP contribution in [-0.4, -0.2) is 69.8 Å². The highest BCUT2D eigenvalue weighted by atomic mass is 16.5. The van der Waals surface area contributed by atoms with E-state index in [9.17, 15) is 24.3 Å². The summed E-state index contributed by atoms with van der Waals surface area (Å²) in [4.78, 5) is 60.5. The summed E-state index contributed by atoms with van der Waals surface area (Å²) in [6.45, 7) is 5.43. The number of alkyl carbamates (subject to hydrolysis) is 1. The number of imidazole rings is 1. The Balaban J connectivity index is 1.61. The SMILES string of the molecule is [2H]N(C(=O)OCc1ccccc1)[C@@H](Cc1cccc2ccccc12)C(=O)N[C@@H](Cc1cnc[nH]1)C(=O)N[C@@H](C(C)CC)[C@@H](O)CC(=O)OCC. The fourth-order valence-electron chi connectivity index (χ4n) is 5.51. The summed E-state index contributed by atoms with van der Waals surface area (Å²) in [6.07, 6.45) is 0.843. The third-order valence-corrected chi connectivity index (χ3v) is 8.34. The number of esters is 1. The van der Waals surface area contributed by atoms with E-state index in [2.05, 4.69) is 20.6 Å². The third kappa shape index (κ3) is 10.9. The van der Waals surface area contributed by atoms with Crippen LogP contribution in [0.3, 0.4) is 0 Å². The molecule has 3 aromatic carbocycles. The number of aliphatic hydroxyl groups is 1. The van der Waals surface area contributed by atoms with Gasteiger partial charge in [-0.25, -0.2) is 9.78 Å². The molecule has 4 aromatic rings. The van der Waals surface area contributed by atoms with Crippen LogP contribution in [0.25, 0.3) is 10.8 Å². The van der Waals surface area contributed by atoms with Gasteiger partial charge in [0.25, 0.3) is 0 Å². The van der Waals surface area contributed by atoms with Crippen molar-refractivity contribution in [3.05, 3.63) is 102 Å². The lowest BCUT2D eigenvalue weighted by atomic mass is 9.92. The summed E-state index contributed by atoms with van der Waals surface area (Å²) in [7, 11) is 0. The van der Waals surface area contributed by atoms with Crippen molar-refractivity contribution < 1.29 is 35.2 Å². The van der Waals surface area contributed by atoms with Gasteiger partial charge in [-0.3, -0.25) is 14.4 Å². The van der Waals surface area contributed by atoms with Gasteiger partial charge in [-0.1, -0.05) is 93.1 Å². The summed E-state index contributed by atoms with van der Waals surface area (Å²) >= 11 is 0. The Labute approximate surface area is 287 Å². The van der Waals surface area contributed by atoms with Crippen LogP contribution in [0.2, 0.25) is 1.41 Å². The summed E-state index contributed by atoms with van der Waals surface area (Å²) < 4.78 is 19.2. The fraction of sp³-hybridized carbons (Fsp3) is 0.378. The van der Waals surface area contributed by atoms with Crippen molar-refractivity contribution in [2.45, 2.75) is 77.3 Å². The standard InChI is InChI=1S/C37H45N5O7/c1-4-24(3)34(32(43)20-33(44)48-5-2)42-36(46)31(19-28-21-38-23-39-28)40-35(45)30(41-37(47)49-22-25-12-7-6-8-13-25)18-27-16-11-15-26-14-9-10-17-29(26)27/h6-17,21,23-24,30-32,34,43H,4-5,18-20,22H2,1-3H3,(H,38,39)(H,40,45)(H,41,47)(H,42,46)/t24?,30-,31-,32-,34-/m0/s1/i/hD. The third-order valence-electron chi connectivity index (χ3n) is 8.34. The minimum absolute atomic E-state index is 0.0176. The second-order valence-corrected chi connectivity index (χ2v) is 11.9. The maximum absolute atomic E-state index is 14.2. The molecule has 0 saturated heterocycles. The van der Waals surface area contributed by atoms with Crippen LogP contribution in [0.15, 0.2) is 85.3 Å². The molecular weight excluding hydrogens is 626 g/mol. The van der Waals surface area contributed by atoms with Gasteiger partial charge in [0.05, 0.1) is 31.5 Å². The Morgan fingerprint density at radius 2 is 1.61 bits per heavy atom. The molecule has 1 heterocycles. The van der Waals surface area contributed by atoms with Crippen LogP contribution in [-0.2, 0) is 43.3 Å². The highest BCUT2D eigenvalue weighted by Crippen LogP contribution is 2.20. The Morgan fingerprint density at radius 3 is 2.33 bits per heavy atom. The summed E-state index contributed by atoms with van der Waals surface area (Å²) in [5, 5.41) is 18.8. The van der Waals surface area contributed by atoms with Gasteiger partial charge in [-0.15, -0.1) is 0 Å². The highest BCUT2D eigenvalue weighted by molar-refractivity contribution is 5.93. The van der Waals surface area contributed by atoms with Crippen molar-refractivity contribution >= 4 is 34.6 Å². The first-order valence-corrected chi connectivity index (χ1v) is 16.5. The molecule has 0 aliphatic carbocycles. The molecule has 3 amide bonds. The molecule has 0 radical (unpaired) electrons. The van der Waals surface area contributed by atoms with Crippen molar-refractivity contribution in [3.8, 4) is 0 Å². The number of ether oxygens (including phenoxy) is 2. The largest absolute Gasteiger partial charge is 0.466 e. The lowest BCUT2D eigenvalue weighted by Gasteiger charge is -2.31. The number of nitrogens with zero attached hydrogens (tertiary/aromatic N) is 1. The molecule has 12 heteroatoms. The number of H-pyrrole nitrogens is 1. The predicted octanol–water partition coefficient (Wildman–Crippen LogP) is 3.97. The number of carbonyl (C=O) groups is 4. The highest BCUT2D eigenvalue weighted by Gasteiger charge is 2.33. The number of carbonyl (C=O) groups excluding carboxylic acids is 4. The van der Waals surface area contributed by atoms with Gasteiger partial charge in [-0.05, 0) is 34.7 Å². The summed E-state index contributed by atoms with van der Waals surface area (Å²) in [5.74, 6) is -2.24. The number of aromatic nitrogens is 2. The van der Waals surface area contributed by atoms with E-state index in [-0.39, 0.29) is 38.4 Å². The number of fused-ring (bicyclic) bond motifs is 1. The molecular formula is C37H45N5O7. The van der Waals surface area contributed by atoms with E-state index in [4.69, 9.17) is 10.9 Å². The molecule has 12 nitrogen and oxygen atoms in total. The molecule has 0 fully saturated rings. The first kappa shape index (κ1) is 35.1. The predicted molar refractivity (Wildman–Crippen MR) is 184 cm³/mol. The number of nitrogens with one attached hydrogen (secondary N) is 4. The molecule has 1 unspecified atom stereocenters. The number of amides is 3. The molecule has 5 N–H and O–H groups in total. The van der Waals surface area contributed by atoms with Crippen LogP contribution < -0.4 is 15.9 Å². The van der Waals surface area contributed by atoms with E-state index < -0.39 is 48.1 Å². The Morgan fingerprint density at radius 1 is 0.898 bits per heavy atom. The van der Waals surface area contributed by atoms with Gasteiger partial charge in [-0.2, -0.15) is 0 Å². The van der Waals surface area contributed by atoms with Crippen LogP contribution in [0, 0.1) is 5.92 Å². The van der Waals surface area contributed by atoms with E-state index >= 15 is 0 Å². The van der Waals surface area contributed by atoms with Crippen LogP contribution in [0.1, 0.15) is 50.4 Å². The Bertz CT molecular complexity index is 1700. The van der Waals surface area contributed by atoms with Crippen LogP contribution >= 0.6 is 0 Å². The van der Waals surface area contributed by atoms with Crippen molar-refractivity contribution in [2.24, 2.45) is 5.92 Å². The molecule has 0 aliphatic rings. The van der Waals surface area contributed by atoms with Crippen molar-refractivity contribution in [1.82, 2.24) is 25.9 Å². The maximum atomic E-state index is 14.2. The van der Waals surface area contributed by atoms with Crippen LogP contribution in [0.4, 0.5) is 4.79 Å². The van der Waals surface area contributed by atoms with Gasteiger partial charge < -0.3 is 35.5 Å². The van der Waals surface area contributed by atoms with Crippen molar-refractivity contribution in [2.75, 3.05) is 6.61 Å². The summed E-state index contributed by atoms with van der Waals surface area (Å²) in [6, 6.07) is 18.7. The fourth-order valence-corrected chi connectivity index (χ4v) is 5.51. The first-order valence-electron chi connectivity index (χ1n) is 16.9. The molecule has 260 valence electrons. The zero-order valence-corrected chi connectivity index (χ0v) is 28.0. The van der Waals surface area contributed by atoms with Gasteiger partial charge in [0.2, 0.25) is 11.8 Å². The van der Waals surface area contributed by atoms with E-state index in [1.54, 1.807) is 31.2 Å². The number of hydrogen-bond donors (Lipinski definition) is 5. The zero-order chi connectivity index (χ0) is 36.0. The van der Waals surface area contributed by atoms with E-state index in [1.807, 2.05) is 62.4 Å². The van der Waals surface area contributed by atoms with Gasteiger partial charge in [0.15, 0.2) is 1.41 Å². The Kier molecular flexibility index (Phi) is 13.1. The summed E-state index contributed by atoms with van der Waals surface area (Å²) in [5.41, 5.74) is 1.96. The molecule has 0 bridgehead atoms. The molecule has 0 spiro atoms. The minimum Gasteiger partial charge on any atom is -0.466 e. The van der Waals surface area contributed by atoms with Gasteiger partial charge in [0, 0.05) is 24.7 Å². The number of aromatic amines is 1. The normalized spacial score (nSPS) is 14.4. The molecule has 4 rings (SSSR count). The number of hydrogen-bond acceptors (Lipinski definition) is 8. The maximum Gasteiger partial charge on any atom is 0.408 e. The Hall–Kier alpha value is -5.23. The second-order valence-electron chi connectivity index (χ2n) is 11.9. The minimum atomic E-state index is -1.40. The van der Waals surface area contributed by atoms with Crippen LogP contribution in [0.5, 0.6) is 0 Å². The topological polar surface area (TPSA) is 172 Å². The molecule has 1 aromatic heterocycles. The smallest absolute Gasteiger partial charge is 0.408 e. The lowest BCUT2D eigenvalue weighted by Crippen LogP contribution is -2.58. The van der Waals surface area contributed by atoms with E-state index in [1.165, 1.54) is 12.5 Å². The zero-order valence-electron chi connectivity index (χ0n) is 29.0. The van der Waals surface area contributed by atoms with Gasteiger partial charge >= 0.3 is 12.1 Å². The lowest BCUT2D eigenvalue weighted by molar-refractivity contribution is -0.146. The second kappa shape index (κ2) is 18.3. The average Bonchev–Trinajstić information content (AvgIpc) is 3.64. The van der Waals surface area contributed by atoms with E-state index in [0.29, 0.717) is 28.6 Å². The van der Waals surface area contributed by atoms with Crippen molar-refractivity contribution in [1.29, 1.82) is 0 Å². The number of rotatable bonds is 17. The average molecular weight is 673 g/mol.